The second-order valence-corrected chi connectivity index (χ2v) is 9.23. The van der Waals surface area contributed by atoms with Crippen molar-refractivity contribution in [1.82, 2.24) is 29.5 Å². The molecule has 1 aliphatic heterocycles. The summed E-state index contributed by atoms with van der Waals surface area (Å²) in [4.78, 5) is 21.3. The molecular formula is C26H25FN6OS. The van der Waals surface area contributed by atoms with Crippen LogP contribution >= 0.6 is 11.8 Å². The molecule has 0 N–H and O–H groups in total. The largest absolute Gasteiger partial charge is 0.339 e. The lowest BCUT2D eigenvalue weighted by Gasteiger charge is -2.34. The van der Waals surface area contributed by atoms with Gasteiger partial charge in [0.1, 0.15) is 5.82 Å². The second-order valence-electron chi connectivity index (χ2n) is 8.29. The monoisotopic (exact) mass is 488 g/mol. The van der Waals surface area contributed by atoms with E-state index in [4.69, 9.17) is 0 Å². The minimum Gasteiger partial charge on any atom is -0.339 e. The summed E-state index contributed by atoms with van der Waals surface area (Å²) in [6.45, 7) is 3.96. The van der Waals surface area contributed by atoms with Crippen molar-refractivity contribution >= 4 is 17.7 Å². The smallest absolute Gasteiger partial charge is 0.233 e. The Morgan fingerprint density at radius 2 is 1.60 bits per heavy atom. The van der Waals surface area contributed by atoms with E-state index in [-0.39, 0.29) is 17.5 Å². The number of benzene rings is 2. The Labute approximate surface area is 207 Å². The fourth-order valence-corrected chi connectivity index (χ4v) is 4.93. The molecule has 1 aliphatic rings. The van der Waals surface area contributed by atoms with E-state index in [1.54, 1.807) is 12.1 Å². The molecule has 5 rings (SSSR count). The number of carbonyl (C=O) groups is 1. The summed E-state index contributed by atoms with van der Waals surface area (Å²) < 4.78 is 15.4. The molecule has 9 heteroatoms. The van der Waals surface area contributed by atoms with Crippen molar-refractivity contribution in [2.24, 2.45) is 0 Å². The van der Waals surface area contributed by atoms with Crippen LogP contribution in [0.1, 0.15) is 5.56 Å². The van der Waals surface area contributed by atoms with E-state index in [9.17, 15) is 9.18 Å². The number of hydrogen-bond donors (Lipinski definition) is 0. The predicted molar refractivity (Wildman–Crippen MR) is 134 cm³/mol. The van der Waals surface area contributed by atoms with Gasteiger partial charge in [-0.15, -0.1) is 10.2 Å². The lowest BCUT2D eigenvalue weighted by Crippen LogP contribution is -2.48. The van der Waals surface area contributed by atoms with Gasteiger partial charge in [-0.2, -0.15) is 0 Å². The molecule has 3 heterocycles. The maximum absolute atomic E-state index is 13.5. The topological polar surface area (TPSA) is 67.2 Å². The molecule has 0 radical (unpaired) electrons. The molecule has 7 nitrogen and oxygen atoms in total. The molecule has 2 aromatic carbocycles. The molecule has 2 aromatic heterocycles. The van der Waals surface area contributed by atoms with Crippen molar-refractivity contribution < 1.29 is 9.18 Å². The fourth-order valence-electron chi connectivity index (χ4n) is 4.08. The highest BCUT2D eigenvalue weighted by atomic mass is 32.2. The van der Waals surface area contributed by atoms with E-state index in [1.807, 2.05) is 64.3 Å². The van der Waals surface area contributed by atoms with Crippen LogP contribution in [-0.2, 0) is 11.3 Å². The molecule has 0 aliphatic carbocycles. The number of aromatic nitrogens is 4. The van der Waals surface area contributed by atoms with Crippen LogP contribution in [0.3, 0.4) is 0 Å². The first kappa shape index (κ1) is 23.2. The second kappa shape index (κ2) is 10.8. The molecule has 1 fully saturated rings. The molecular weight excluding hydrogens is 463 g/mol. The number of thioether (sulfide) groups is 1. The number of piperazine rings is 1. The summed E-state index contributed by atoms with van der Waals surface area (Å²) in [5, 5.41) is 9.36. The van der Waals surface area contributed by atoms with Gasteiger partial charge in [0.2, 0.25) is 5.91 Å². The number of rotatable bonds is 7. The van der Waals surface area contributed by atoms with Gasteiger partial charge >= 0.3 is 0 Å². The van der Waals surface area contributed by atoms with Crippen LogP contribution in [0.4, 0.5) is 4.39 Å². The minimum atomic E-state index is -0.305. The Kier molecular flexibility index (Phi) is 7.15. The summed E-state index contributed by atoms with van der Waals surface area (Å²) in [5.74, 6) is 0.666. The first-order chi connectivity index (χ1) is 17.2. The number of pyridine rings is 1. The third-order valence-electron chi connectivity index (χ3n) is 5.96. The zero-order valence-corrected chi connectivity index (χ0v) is 19.9. The van der Waals surface area contributed by atoms with Crippen molar-refractivity contribution in [2.75, 3.05) is 31.9 Å². The highest BCUT2D eigenvalue weighted by Gasteiger charge is 2.23. The van der Waals surface area contributed by atoms with E-state index in [1.165, 1.54) is 29.5 Å². The number of carbonyl (C=O) groups excluding carboxylic acids is 1. The maximum atomic E-state index is 13.5. The van der Waals surface area contributed by atoms with Gasteiger partial charge in [0.25, 0.3) is 0 Å². The van der Waals surface area contributed by atoms with Gasteiger partial charge in [-0.25, -0.2) is 4.39 Å². The van der Waals surface area contributed by atoms with Crippen molar-refractivity contribution in [1.29, 1.82) is 0 Å². The first-order valence-electron chi connectivity index (χ1n) is 11.5. The van der Waals surface area contributed by atoms with Crippen LogP contribution in [0.25, 0.3) is 17.1 Å². The zero-order valence-electron chi connectivity index (χ0n) is 19.1. The molecule has 1 saturated heterocycles. The zero-order chi connectivity index (χ0) is 24.0. The molecule has 35 heavy (non-hydrogen) atoms. The summed E-state index contributed by atoms with van der Waals surface area (Å²) in [6, 6.07) is 20.0. The lowest BCUT2D eigenvalue weighted by molar-refractivity contribution is -0.130. The summed E-state index contributed by atoms with van der Waals surface area (Å²) in [6.07, 6.45) is 3.62. The van der Waals surface area contributed by atoms with E-state index in [0.717, 1.165) is 30.9 Å². The van der Waals surface area contributed by atoms with Gasteiger partial charge in [0, 0.05) is 56.4 Å². The summed E-state index contributed by atoms with van der Waals surface area (Å²) >= 11 is 1.37. The van der Waals surface area contributed by atoms with Gasteiger partial charge in [0.15, 0.2) is 11.0 Å². The average molecular weight is 489 g/mol. The SMILES string of the molecule is O=C(CSc1nnc(-c2ccc(F)cc2)n1-c1ccccc1)N1CCN(Cc2ccncc2)CC1. The van der Waals surface area contributed by atoms with E-state index >= 15 is 0 Å². The fraction of sp³-hybridized carbons (Fsp3) is 0.231. The van der Waals surface area contributed by atoms with Gasteiger partial charge < -0.3 is 4.90 Å². The molecule has 0 atom stereocenters. The highest BCUT2D eigenvalue weighted by molar-refractivity contribution is 7.99. The van der Waals surface area contributed by atoms with Crippen LogP contribution in [0.2, 0.25) is 0 Å². The standard InChI is InChI=1S/C26H25FN6OS/c27-22-8-6-21(7-9-22)25-29-30-26(33(25)23-4-2-1-3-5-23)35-19-24(34)32-16-14-31(15-17-32)18-20-10-12-28-13-11-20/h1-13H,14-19H2. The first-order valence-corrected chi connectivity index (χ1v) is 12.4. The number of amides is 1. The highest BCUT2D eigenvalue weighted by Crippen LogP contribution is 2.28. The third-order valence-corrected chi connectivity index (χ3v) is 6.87. The molecule has 178 valence electrons. The van der Waals surface area contributed by atoms with Crippen molar-refractivity contribution in [3.63, 3.8) is 0 Å². The summed E-state index contributed by atoms with van der Waals surface area (Å²) in [7, 11) is 0. The van der Waals surface area contributed by atoms with Gasteiger partial charge in [-0.05, 0) is 54.1 Å². The molecule has 0 bridgehead atoms. The van der Waals surface area contributed by atoms with E-state index in [0.29, 0.717) is 24.1 Å². The van der Waals surface area contributed by atoms with Gasteiger partial charge in [0.05, 0.1) is 5.75 Å². The molecule has 4 aromatic rings. The predicted octanol–water partition coefficient (Wildman–Crippen LogP) is 3.90. The molecule has 0 unspecified atom stereocenters. The van der Waals surface area contributed by atoms with Gasteiger partial charge in [-0.3, -0.25) is 19.2 Å². The Hall–Kier alpha value is -3.56. The van der Waals surface area contributed by atoms with Crippen molar-refractivity contribution in [3.05, 3.63) is 90.5 Å². The Morgan fingerprint density at radius 3 is 2.31 bits per heavy atom. The molecule has 1 amide bonds. The number of hydrogen-bond acceptors (Lipinski definition) is 6. The summed E-state index contributed by atoms with van der Waals surface area (Å²) in [5.41, 5.74) is 2.87. The van der Waals surface area contributed by atoms with E-state index < -0.39 is 0 Å². The number of halogens is 1. The third kappa shape index (κ3) is 5.58. The maximum Gasteiger partial charge on any atom is 0.233 e. The Morgan fingerprint density at radius 1 is 0.886 bits per heavy atom. The number of para-hydroxylation sites is 1. The van der Waals surface area contributed by atoms with Crippen LogP contribution in [-0.4, -0.2) is 67.4 Å². The minimum absolute atomic E-state index is 0.0875. The average Bonchev–Trinajstić information content (AvgIpc) is 3.33. The quantitative estimate of drug-likeness (QED) is 0.368. The van der Waals surface area contributed by atoms with E-state index in [2.05, 4.69) is 20.1 Å². The van der Waals surface area contributed by atoms with Crippen molar-refractivity contribution in [2.45, 2.75) is 11.7 Å². The number of nitrogens with zero attached hydrogens (tertiary/aromatic N) is 6. The van der Waals surface area contributed by atoms with Crippen LogP contribution in [0, 0.1) is 5.82 Å². The Bertz CT molecular complexity index is 1260. The van der Waals surface area contributed by atoms with Crippen LogP contribution in [0.15, 0.2) is 84.3 Å². The van der Waals surface area contributed by atoms with Crippen LogP contribution in [0.5, 0.6) is 0 Å². The van der Waals surface area contributed by atoms with Crippen molar-refractivity contribution in [3.8, 4) is 17.1 Å². The lowest BCUT2D eigenvalue weighted by atomic mass is 10.2. The normalized spacial score (nSPS) is 14.3. The molecule has 0 saturated carbocycles. The van der Waals surface area contributed by atoms with Crippen LogP contribution < -0.4 is 0 Å². The Balaban J connectivity index is 1.25. The van der Waals surface area contributed by atoms with Gasteiger partial charge in [-0.1, -0.05) is 30.0 Å². The molecule has 0 spiro atoms.